The summed E-state index contributed by atoms with van der Waals surface area (Å²) in [6.45, 7) is 0. The van der Waals surface area contributed by atoms with Crippen LogP contribution in [0.15, 0.2) is 67.0 Å². The van der Waals surface area contributed by atoms with Crippen LogP contribution < -0.4 is 5.32 Å². The average molecular weight is 426 g/mol. The smallest absolute Gasteiger partial charge is 0.416 e. The number of aromatic nitrogens is 1. The van der Waals surface area contributed by atoms with Gasteiger partial charge in [-0.05, 0) is 47.5 Å². The lowest BCUT2D eigenvalue weighted by molar-refractivity contribution is -0.137. The number of ether oxygens (including phenoxy) is 1. The molecule has 1 aliphatic rings. The topological polar surface area (TPSA) is 51.2 Å². The standard InChI is InChI=1S/C23H14F4N2O2/c24-19-6-2-4-16(11-19)21-20(29-22(30)31-21)17-9-15(12-28-13-17)8-7-14-3-1-5-18(10-14)23(25,26)27/h1-6,9-13,20-21H,(H,29,30). The summed E-state index contributed by atoms with van der Waals surface area (Å²) in [4.78, 5) is 15.9. The Bertz CT molecular complexity index is 1200. The maximum atomic E-state index is 13.6. The molecule has 0 saturated carbocycles. The van der Waals surface area contributed by atoms with E-state index in [0.29, 0.717) is 16.7 Å². The molecule has 1 amide bonds. The highest BCUT2D eigenvalue weighted by molar-refractivity contribution is 5.71. The third kappa shape index (κ3) is 4.67. The molecule has 1 aliphatic heterocycles. The second kappa shape index (κ2) is 8.11. The number of alkyl carbamates (subject to hydrolysis) is 1. The number of rotatable bonds is 2. The number of amides is 1. The Labute approximate surface area is 174 Å². The van der Waals surface area contributed by atoms with E-state index in [9.17, 15) is 22.4 Å². The Morgan fingerprint density at radius 2 is 1.71 bits per heavy atom. The van der Waals surface area contributed by atoms with Crippen LogP contribution in [0.4, 0.5) is 22.4 Å². The molecular formula is C23H14F4N2O2. The van der Waals surface area contributed by atoms with Crippen molar-refractivity contribution in [3.63, 3.8) is 0 Å². The minimum atomic E-state index is -4.45. The fraction of sp³-hybridized carbons (Fsp3) is 0.130. The molecule has 2 heterocycles. The molecule has 31 heavy (non-hydrogen) atoms. The second-order valence-corrected chi connectivity index (χ2v) is 6.84. The molecule has 0 spiro atoms. The van der Waals surface area contributed by atoms with Crippen LogP contribution in [0.3, 0.4) is 0 Å². The summed E-state index contributed by atoms with van der Waals surface area (Å²) in [7, 11) is 0. The molecule has 1 N–H and O–H groups in total. The van der Waals surface area contributed by atoms with E-state index in [2.05, 4.69) is 22.1 Å². The summed E-state index contributed by atoms with van der Waals surface area (Å²) in [6, 6.07) is 11.5. The molecule has 1 aromatic heterocycles. The molecule has 0 aliphatic carbocycles. The normalized spacial score (nSPS) is 18.0. The molecule has 156 valence electrons. The first kappa shape index (κ1) is 20.4. The van der Waals surface area contributed by atoms with Crippen molar-refractivity contribution in [2.24, 2.45) is 0 Å². The Balaban J connectivity index is 1.62. The minimum Gasteiger partial charge on any atom is -0.439 e. The molecule has 2 aromatic carbocycles. The Hall–Kier alpha value is -3.86. The van der Waals surface area contributed by atoms with Crippen molar-refractivity contribution >= 4 is 6.09 Å². The molecule has 4 nitrogen and oxygen atoms in total. The zero-order chi connectivity index (χ0) is 22.0. The number of hydrogen-bond acceptors (Lipinski definition) is 3. The average Bonchev–Trinajstić information content (AvgIpc) is 3.14. The van der Waals surface area contributed by atoms with E-state index in [1.165, 1.54) is 42.7 Å². The van der Waals surface area contributed by atoms with Gasteiger partial charge >= 0.3 is 12.3 Å². The van der Waals surface area contributed by atoms with Gasteiger partial charge in [-0.3, -0.25) is 4.98 Å². The summed E-state index contributed by atoms with van der Waals surface area (Å²) >= 11 is 0. The lowest BCUT2D eigenvalue weighted by Gasteiger charge is -2.17. The molecule has 3 aromatic rings. The van der Waals surface area contributed by atoms with E-state index in [1.54, 1.807) is 12.1 Å². The van der Waals surface area contributed by atoms with Gasteiger partial charge in [0.1, 0.15) is 11.9 Å². The van der Waals surface area contributed by atoms with Gasteiger partial charge in [-0.15, -0.1) is 0 Å². The molecule has 2 unspecified atom stereocenters. The Kier molecular flexibility index (Phi) is 5.34. The molecule has 8 heteroatoms. The predicted molar refractivity (Wildman–Crippen MR) is 103 cm³/mol. The van der Waals surface area contributed by atoms with Crippen molar-refractivity contribution in [3.8, 4) is 11.8 Å². The summed E-state index contributed by atoms with van der Waals surface area (Å²) in [5.41, 5.74) is 0.902. The summed E-state index contributed by atoms with van der Waals surface area (Å²) in [5, 5.41) is 2.67. The van der Waals surface area contributed by atoms with E-state index in [-0.39, 0.29) is 5.56 Å². The van der Waals surface area contributed by atoms with Gasteiger partial charge in [-0.2, -0.15) is 13.2 Å². The van der Waals surface area contributed by atoms with Gasteiger partial charge in [0.15, 0.2) is 6.10 Å². The van der Waals surface area contributed by atoms with Crippen LogP contribution >= 0.6 is 0 Å². The molecule has 0 bridgehead atoms. The van der Waals surface area contributed by atoms with Crippen LogP contribution in [0, 0.1) is 17.7 Å². The lowest BCUT2D eigenvalue weighted by Crippen LogP contribution is -2.19. The van der Waals surface area contributed by atoms with Crippen molar-refractivity contribution < 1.29 is 27.1 Å². The number of hydrogen-bond donors (Lipinski definition) is 1. The molecule has 2 atom stereocenters. The van der Waals surface area contributed by atoms with Crippen LogP contribution in [0.25, 0.3) is 0 Å². The number of alkyl halides is 3. The third-order valence-electron chi connectivity index (χ3n) is 4.65. The monoisotopic (exact) mass is 426 g/mol. The van der Waals surface area contributed by atoms with Crippen LogP contribution in [0.5, 0.6) is 0 Å². The molecule has 0 radical (unpaired) electrons. The van der Waals surface area contributed by atoms with E-state index in [4.69, 9.17) is 4.74 Å². The number of nitrogens with zero attached hydrogens (tertiary/aromatic N) is 1. The summed E-state index contributed by atoms with van der Waals surface area (Å²) in [5.74, 6) is 5.02. The molecular weight excluding hydrogens is 412 g/mol. The largest absolute Gasteiger partial charge is 0.439 e. The van der Waals surface area contributed by atoms with Crippen molar-refractivity contribution in [1.29, 1.82) is 0 Å². The van der Waals surface area contributed by atoms with Gasteiger partial charge in [0.05, 0.1) is 5.56 Å². The minimum absolute atomic E-state index is 0.204. The fourth-order valence-corrected chi connectivity index (χ4v) is 3.24. The second-order valence-electron chi connectivity index (χ2n) is 6.84. The van der Waals surface area contributed by atoms with E-state index < -0.39 is 35.8 Å². The van der Waals surface area contributed by atoms with Gasteiger partial charge in [0, 0.05) is 23.5 Å². The van der Waals surface area contributed by atoms with Crippen LogP contribution in [0.1, 0.15) is 40.0 Å². The quantitative estimate of drug-likeness (QED) is 0.455. The molecule has 1 fully saturated rings. The van der Waals surface area contributed by atoms with Crippen molar-refractivity contribution in [2.45, 2.75) is 18.3 Å². The predicted octanol–water partition coefficient (Wildman–Crippen LogP) is 5.16. The van der Waals surface area contributed by atoms with Gasteiger partial charge in [-0.25, -0.2) is 9.18 Å². The maximum absolute atomic E-state index is 13.6. The number of pyridine rings is 1. The van der Waals surface area contributed by atoms with E-state index in [1.807, 2.05) is 0 Å². The van der Waals surface area contributed by atoms with Crippen molar-refractivity contribution in [3.05, 3.63) is 101 Å². The highest BCUT2D eigenvalue weighted by atomic mass is 19.4. The number of nitrogens with one attached hydrogen (secondary N) is 1. The number of halogens is 4. The first-order chi connectivity index (χ1) is 14.8. The first-order valence-corrected chi connectivity index (χ1v) is 9.16. The van der Waals surface area contributed by atoms with Gasteiger partial charge in [0.2, 0.25) is 0 Å². The Morgan fingerprint density at radius 1 is 0.935 bits per heavy atom. The maximum Gasteiger partial charge on any atom is 0.416 e. The van der Waals surface area contributed by atoms with Gasteiger partial charge < -0.3 is 10.1 Å². The zero-order valence-corrected chi connectivity index (χ0v) is 15.8. The van der Waals surface area contributed by atoms with Crippen molar-refractivity contribution in [2.75, 3.05) is 0 Å². The highest BCUT2D eigenvalue weighted by Crippen LogP contribution is 2.36. The number of benzene rings is 2. The third-order valence-corrected chi connectivity index (χ3v) is 4.65. The number of carbonyl (C=O) groups is 1. The number of carbonyl (C=O) groups excluding carboxylic acids is 1. The van der Waals surface area contributed by atoms with Gasteiger partial charge in [0.25, 0.3) is 0 Å². The fourth-order valence-electron chi connectivity index (χ4n) is 3.24. The number of cyclic esters (lactones) is 1. The summed E-state index contributed by atoms with van der Waals surface area (Å²) in [6.07, 6.45) is -2.90. The van der Waals surface area contributed by atoms with E-state index in [0.717, 1.165) is 12.1 Å². The van der Waals surface area contributed by atoms with Crippen molar-refractivity contribution in [1.82, 2.24) is 10.3 Å². The highest BCUT2D eigenvalue weighted by Gasteiger charge is 2.37. The van der Waals surface area contributed by atoms with Crippen LogP contribution in [0.2, 0.25) is 0 Å². The van der Waals surface area contributed by atoms with Gasteiger partial charge in [-0.1, -0.05) is 30.0 Å². The first-order valence-electron chi connectivity index (χ1n) is 9.16. The van der Waals surface area contributed by atoms with Crippen LogP contribution in [-0.4, -0.2) is 11.1 Å². The zero-order valence-electron chi connectivity index (χ0n) is 15.8. The molecule has 4 rings (SSSR count). The molecule has 1 saturated heterocycles. The van der Waals surface area contributed by atoms with E-state index >= 15 is 0 Å². The Morgan fingerprint density at radius 3 is 2.48 bits per heavy atom. The van der Waals surface area contributed by atoms with Crippen LogP contribution in [-0.2, 0) is 10.9 Å². The summed E-state index contributed by atoms with van der Waals surface area (Å²) < 4.78 is 57.5. The SMILES string of the molecule is O=C1NC(c2cncc(C#Cc3cccc(C(F)(F)F)c3)c2)C(c2cccc(F)c2)O1. The lowest BCUT2D eigenvalue weighted by atomic mass is 9.97.